The Morgan fingerprint density at radius 1 is 1.03 bits per heavy atom. The minimum atomic E-state index is -0.260. The van der Waals surface area contributed by atoms with E-state index in [1.165, 1.54) is 17.7 Å². The van der Waals surface area contributed by atoms with Crippen molar-refractivity contribution < 1.29 is 4.39 Å². The highest BCUT2D eigenvalue weighted by atomic mass is 35.5. The lowest BCUT2D eigenvalue weighted by Gasteiger charge is -2.30. The Morgan fingerprint density at radius 2 is 1.74 bits per heavy atom. The van der Waals surface area contributed by atoms with Gasteiger partial charge in [0.2, 0.25) is 0 Å². The zero-order chi connectivity index (χ0) is 21.4. The molecule has 1 N–H and O–H groups in total. The van der Waals surface area contributed by atoms with Gasteiger partial charge in [-0.05, 0) is 73.9 Å². The minimum Gasteiger partial charge on any atom is -0.366 e. The topological polar surface area (TPSA) is 31.9 Å². The number of rotatable bonds is 5. The molecule has 0 spiro atoms. The number of anilines is 1. The van der Waals surface area contributed by atoms with Crippen molar-refractivity contribution in [3.63, 3.8) is 0 Å². The largest absolute Gasteiger partial charge is 0.366 e. The van der Waals surface area contributed by atoms with Crippen LogP contribution in [0.15, 0.2) is 54.7 Å². The molecule has 1 atom stereocenters. The number of aromatic amines is 1. The van der Waals surface area contributed by atoms with Gasteiger partial charge in [-0.25, -0.2) is 4.39 Å². The summed E-state index contributed by atoms with van der Waals surface area (Å²) in [6, 6.07) is 14.1. The Labute approximate surface area is 197 Å². The summed E-state index contributed by atoms with van der Waals surface area (Å²) in [5.41, 5.74) is 6.24. The Kier molecular flexibility index (Phi) is 7.15. The fourth-order valence-corrected chi connectivity index (χ4v) is 4.14. The van der Waals surface area contributed by atoms with Gasteiger partial charge in [0.1, 0.15) is 5.82 Å². The first kappa shape index (κ1) is 23.4. The number of hydrogen-bond donors (Lipinski definition) is 1. The van der Waals surface area contributed by atoms with E-state index in [4.69, 9.17) is 28.2 Å². The maximum absolute atomic E-state index is 13.5. The molecule has 2 aromatic heterocycles. The quantitative estimate of drug-likeness (QED) is 0.323. The maximum Gasteiger partial charge on any atom is 0.123 e. The van der Waals surface area contributed by atoms with Crippen LogP contribution in [0.5, 0.6) is 0 Å². The number of nitrogens with zero attached hydrogens (tertiary/aromatic N) is 2. The third-order valence-corrected chi connectivity index (χ3v) is 6.43. The van der Waals surface area contributed by atoms with Crippen molar-refractivity contribution in [2.75, 3.05) is 11.9 Å². The molecule has 0 aliphatic carbocycles. The van der Waals surface area contributed by atoms with Gasteiger partial charge in [0.25, 0.3) is 0 Å². The highest BCUT2D eigenvalue weighted by Crippen LogP contribution is 2.34. The molecular formula is C24H23Cl3FN3. The Balaban J connectivity index is 0.00000272. The highest BCUT2D eigenvalue weighted by molar-refractivity contribution is 6.42. The van der Waals surface area contributed by atoms with Gasteiger partial charge in [-0.3, -0.25) is 4.98 Å². The molecule has 2 heterocycles. The van der Waals surface area contributed by atoms with Gasteiger partial charge in [-0.15, -0.1) is 12.4 Å². The van der Waals surface area contributed by atoms with Crippen molar-refractivity contribution in [2.24, 2.45) is 0 Å². The molecule has 4 rings (SSSR count). The minimum absolute atomic E-state index is 0. The zero-order valence-electron chi connectivity index (χ0n) is 17.4. The summed E-state index contributed by atoms with van der Waals surface area (Å²) < 4.78 is 13.5. The molecule has 31 heavy (non-hydrogen) atoms. The Bertz CT molecular complexity index is 1200. The average Bonchev–Trinajstić information content (AvgIpc) is 3.03. The summed E-state index contributed by atoms with van der Waals surface area (Å²) in [5, 5.41) is 2.21. The third-order valence-electron chi connectivity index (χ3n) is 5.69. The molecule has 4 aromatic rings. The zero-order valence-corrected chi connectivity index (χ0v) is 19.7. The molecule has 0 amide bonds. The standard InChI is InChI=1S/C24H22Cl2FN3.ClH/c1-14-15(2)29-23-19(14)10-11-28-24(23)22(13-16-4-9-20(25)21(26)12-16)30(3)18-7-5-17(27)6-8-18;/h4-12,22,29H,13H2,1-3H3;1H. The van der Waals surface area contributed by atoms with Crippen LogP contribution in [-0.2, 0) is 6.42 Å². The van der Waals surface area contributed by atoms with Gasteiger partial charge >= 0.3 is 0 Å². The van der Waals surface area contributed by atoms with Crippen LogP contribution in [0.1, 0.15) is 28.6 Å². The van der Waals surface area contributed by atoms with Gasteiger partial charge in [-0.2, -0.15) is 0 Å². The van der Waals surface area contributed by atoms with Crippen LogP contribution in [0.2, 0.25) is 10.0 Å². The highest BCUT2D eigenvalue weighted by Gasteiger charge is 2.24. The molecule has 0 aliphatic rings. The van der Waals surface area contributed by atoms with E-state index in [9.17, 15) is 4.39 Å². The molecule has 7 heteroatoms. The molecule has 0 radical (unpaired) electrons. The number of benzene rings is 2. The number of aromatic nitrogens is 2. The fraction of sp³-hybridized carbons (Fsp3) is 0.208. The number of pyridine rings is 1. The van der Waals surface area contributed by atoms with Crippen molar-refractivity contribution in [1.29, 1.82) is 0 Å². The van der Waals surface area contributed by atoms with Crippen molar-refractivity contribution in [2.45, 2.75) is 26.3 Å². The van der Waals surface area contributed by atoms with Gasteiger partial charge in [0.05, 0.1) is 27.3 Å². The van der Waals surface area contributed by atoms with Gasteiger partial charge < -0.3 is 9.88 Å². The van der Waals surface area contributed by atoms with E-state index in [0.29, 0.717) is 16.5 Å². The first-order chi connectivity index (χ1) is 14.3. The lowest BCUT2D eigenvalue weighted by molar-refractivity contribution is 0.624. The predicted octanol–water partition coefficient (Wildman–Crippen LogP) is 7.47. The van der Waals surface area contributed by atoms with Crippen LogP contribution in [0.4, 0.5) is 10.1 Å². The van der Waals surface area contributed by atoms with Gasteiger partial charge in [0.15, 0.2) is 0 Å². The second kappa shape index (κ2) is 9.47. The summed E-state index contributed by atoms with van der Waals surface area (Å²) in [7, 11) is 2.00. The van der Waals surface area contributed by atoms with Crippen LogP contribution in [0, 0.1) is 19.7 Å². The average molecular weight is 479 g/mol. The fourth-order valence-electron chi connectivity index (χ4n) is 3.82. The first-order valence-corrected chi connectivity index (χ1v) is 10.5. The molecule has 162 valence electrons. The smallest absolute Gasteiger partial charge is 0.123 e. The molecule has 1 unspecified atom stereocenters. The lowest BCUT2D eigenvalue weighted by Crippen LogP contribution is -2.27. The number of nitrogens with one attached hydrogen (secondary N) is 1. The summed E-state index contributed by atoms with van der Waals surface area (Å²) in [5.74, 6) is -0.260. The number of halogens is 4. The van der Waals surface area contributed by atoms with Crippen molar-refractivity contribution >= 4 is 52.2 Å². The van der Waals surface area contributed by atoms with Crippen LogP contribution in [0.3, 0.4) is 0 Å². The number of hydrogen-bond acceptors (Lipinski definition) is 2. The predicted molar refractivity (Wildman–Crippen MR) is 131 cm³/mol. The van der Waals surface area contributed by atoms with E-state index in [0.717, 1.165) is 33.5 Å². The molecule has 2 aromatic carbocycles. The van der Waals surface area contributed by atoms with Crippen LogP contribution >= 0.6 is 35.6 Å². The van der Waals surface area contributed by atoms with Crippen molar-refractivity contribution in [3.05, 3.63) is 93.1 Å². The summed E-state index contributed by atoms with van der Waals surface area (Å²) in [4.78, 5) is 10.4. The van der Waals surface area contributed by atoms with Crippen molar-refractivity contribution in [1.82, 2.24) is 9.97 Å². The Hall–Kier alpha value is -2.27. The number of fused-ring (bicyclic) bond motifs is 1. The van der Waals surface area contributed by atoms with Gasteiger partial charge in [0, 0.05) is 30.0 Å². The first-order valence-electron chi connectivity index (χ1n) is 9.71. The molecule has 0 saturated heterocycles. The van der Waals surface area contributed by atoms with Crippen molar-refractivity contribution in [3.8, 4) is 0 Å². The van der Waals surface area contributed by atoms with Crippen LogP contribution in [-0.4, -0.2) is 17.0 Å². The number of likely N-dealkylation sites (N-methyl/N-ethyl adjacent to an activating group) is 1. The summed E-state index contributed by atoms with van der Waals surface area (Å²) in [6.45, 7) is 4.17. The monoisotopic (exact) mass is 477 g/mol. The summed E-state index contributed by atoms with van der Waals surface area (Å²) in [6.07, 6.45) is 2.51. The molecule has 0 saturated carbocycles. The lowest BCUT2D eigenvalue weighted by atomic mass is 9.99. The van der Waals surface area contributed by atoms with E-state index in [1.807, 2.05) is 37.5 Å². The second-order valence-electron chi connectivity index (χ2n) is 7.55. The van der Waals surface area contributed by atoms with E-state index in [2.05, 4.69) is 23.7 Å². The maximum atomic E-state index is 13.5. The van der Waals surface area contributed by atoms with E-state index >= 15 is 0 Å². The number of H-pyrrole nitrogens is 1. The second-order valence-corrected chi connectivity index (χ2v) is 8.36. The van der Waals surface area contributed by atoms with Crippen LogP contribution < -0.4 is 4.90 Å². The summed E-state index contributed by atoms with van der Waals surface area (Å²) >= 11 is 12.4. The van der Waals surface area contributed by atoms with E-state index in [1.54, 1.807) is 12.1 Å². The van der Waals surface area contributed by atoms with E-state index in [-0.39, 0.29) is 24.3 Å². The molecular weight excluding hydrogens is 456 g/mol. The van der Waals surface area contributed by atoms with Crippen LogP contribution in [0.25, 0.3) is 10.9 Å². The number of aryl methyl sites for hydroxylation is 2. The van der Waals surface area contributed by atoms with E-state index < -0.39 is 0 Å². The molecule has 0 aliphatic heterocycles. The third kappa shape index (κ3) is 4.67. The normalized spacial score (nSPS) is 11.9. The SMILES string of the molecule is Cc1[nH]c2c(C(Cc3ccc(Cl)c(Cl)c3)N(C)c3ccc(F)cc3)nccc2c1C.Cl. The Morgan fingerprint density at radius 3 is 2.42 bits per heavy atom. The molecule has 0 bridgehead atoms. The van der Waals surface area contributed by atoms with Gasteiger partial charge in [-0.1, -0.05) is 29.3 Å². The molecule has 0 fully saturated rings. The molecule has 3 nitrogen and oxygen atoms in total.